The second-order valence-corrected chi connectivity index (χ2v) is 5.62. The van der Waals surface area contributed by atoms with Crippen molar-refractivity contribution in [2.24, 2.45) is 0 Å². The molecule has 0 aromatic carbocycles. The summed E-state index contributed by atoms with van der Waals surface area (Å²) in [4.78, 5) is 2.69. The molecule has 0 unspecified atom stereocenters. The minimum atomic E-state index is 0.357. The molecule has 0 radical (unpaired) electrons. The highest BCUT2D eigenvalue weighted by atomic mass is 15.2. The SMILES string of the molecule is CC/C=C\CCCN(C1CC1)C(C)(C)C. The molecule has 1 fully saturated rings. The van der Waals surface area contributed by atoms with Crippen molar-refractivity contribution in [3.8, 4) is 0 Å². The van der Waals surface area contributed by atoms with Gasteiger partial charge in [0.2, 0.25) is 0 Å². The zero-order chi connectivity index (χ0) is 11.3. The third kappa shape index (κ3) is 4.83. The zero-order valence-electron chi connectivity index (χ0n) is 10.9. The summed E-state index contributed by atoms with van der Waals surface area (Å²) in [5.74, 6) is 0. The molecule has 1 heteroatoms. The van der Waals surface area contributed by atoms with Crippen LogP contribution in [0.5, 0.6) is 0 Å². The minimum Gasteiger partial charge on any atom is -0.296 e. The maximum absolute atomic E-state index is 2.69. The van der Waals surface area contributed by atoms with Crippen molar-refractivity contribution in [3.05, 3.63) is 12.2 Å². The molecule has 0 saturated heterocycles. The fourth-order valence-electron chi connectivity index (χ4n) is 2.12. The molecule has 0 bridgehead atoms. The summed E-state index contributed by atoms with van der Waals surface area (Å²) < 4.78 is 0. The summed E-state index contributed by atoms with van der Waals surface area (Å²) in [7, 11) is 0. The van der Waals surface area contributed by atoms with Gasteiger partial charge in [0.05, 0.1) is 0 Å². The van der Waals surface area contributed by atoms with Gasteiger partial charge < -0.3 is 0 Å². The molecule has 0 amide bonds. The third-order valence-electron chi connectivity index (χ3n) is 3.02. The van der Waals surface area contributed by atoms with Gasteiger partial charge in [0, 0.05) is 11.6 Å². The number of nitrogens with zero attached hydrogens (tertiary/aromatic N) is 1. The first kappa shape index (κ1) is 12.8. The fraction of sp³-hybridized carbons (Fsp3) is 0.857. The van der Waals surface area contributed by atoms with E-state index < -0.39 is 0 Å². The lowest BCUT2D eigenvalue weighted by molar-refractivity contribution is 0.125. The molecule has 15 heavy (non-hydrogen) atoms. The molecule has 1 saturated carbocycles. The highest BCUT2D eigenvalue weighted by Crippen LogP contribution is 2.32. The van der Waals surface area contributed by atoms with Crippen LogP contribution in [0.4, 0.5) is 0 Å². The molecule has 0 aliphatic heterocycles. The average molecular weight is 209 g/mol. The lowest BCUT2D eigenvalue weighted by atomic mass is 10.0. The Morgan fingerprint density at radius 1 is 1.20 bits per heavy atom. The highest BCUT2D eigenvalue weighted by molar-refractivity contribution is 4.91. The second kappa shape index (κ2) is 5.69. The zero-order valence-corrected chi connectivity index (χ0v) is 10.9. The Hall–Kier alpha value is -0.300. The lowest BCUT2D eigenvalue weighted by Gasteiger charge is -2.35. The van der Waals surface area contributed by atoms with E-state index in [9.17, 15) is 0 Å². The van der Waals surface area contributed by atoms with Crippen LogP contribution in [0.3, 0.4) is 0 Å². The van der Waals surface area contributed by atoms with Crippen LogP contribution in [0.1, 0.15) is 59.8 Å². The Balaban J connectivity index is 2.24. The molecular formula is C14H27N. The van der Waals surface area contributed by atoms with Crippen molar-refractivity contribution in [1.82, 2.24) is 4.90 Å². The molecule has 0 N–H and O–H groups in total. The van der Waals surface area contributed by atoms with Gasteiger partial charge in [-0.1, -0.05) is 19.1 Å². The Morgan fingerprint density at radius 3 is 2.33 bits per heavy atom. The number of allylic oxidation sites excluding steroid dienone is 2. The van der Waals surface area contributed by atoms with Crippen molar-refractivity contribution in [2.75, 3.05) is 6.54 Å². The summed E-state index contributed by atoms with van der Waals surface area (Å²) in [6, 6.07) is 0.889. The number of unbranched alkanes of at least 4 members (excludes halogenated alkanes) is 1. The molecule has 0 aromatic heterocycles. The van der Waals surface area contributed by atoms with E-state index in [2.05, 4.69) is 44.7 Å². The first-order chi connectivity index (χ1) is 7.05. The van der Waals surface area contributed by atoms with E-state index in [4.69, 9.17) is 0 Å². The highest BCUT2D eigenvalue weighted by Gasteiger charge is 2.34. The number of hydrogen-bond acceptors (Lipinski definition) is 1. The van der Waals surface area contributed by atoms with Crippen molar-refractivity contribution in [1.29, 1.82) is 0 Å². The first-order valence-electron chi connectivity index (χ1n) is 6.47. The smallest absolute Gasteiger partial charge is 0.0127 e. The number of rotatable bonds is 6. The maximum atomic E-state index is 2.69. The average Bonchev–Trinajstić information content (AvgIpc) is 2.92. The Labute approximate surface area is 95.5 Å². The predicted octanol–water partition coefficient (Wildman–Crippen LogP) is 4.00. The lowest BCUT2D eigenvalue weighted by Crippen LogP contribution is -2.43. The standard InChI is InChI=1S/C14H27N/c1-5-6-7-8-9-12-15(13-10-11-13)14(2,3)4/h6-7,13H,5,8-12H2,1-4H3/b7-6-. The van der Waals surface area contributed by atoms with Gasteiger partial charge >= 0.3 is 0 Å². The van der Waals surface area contributed by atoms with Crippen LogP contribution in [-0.4, -0.2) is 23.0 Å². The molecule has 88 valence electrons. The molecule has 1 nitrogen and oxygen atoms in total. The van der Waals surface area contributed by atoms with Crippen LogP contribution in [-0.2, 0) is 0 Å². The van der Waals surface area contributed by atoms with Gasteiger partial charge in [-0.25, -0.2) is 0 Å². The van der Waals surface area contributed by atoms with Crippen LogP contribution in [0, 0.1) is 0 Å². The molecule has 1 aliphatic carbocycles. The third-order valence-corrected chi connectivity index (χ3v) is 3.02. The molecule has 0 heterocycles. The van der Waals surface area contributed by atoms with Gasteiger partial charge in [0.1, 0.15) is 0 Å². The van der Waals surface area contributed by atoms with Crippen molar-refractivity contribution in [3.63, 3.8) is 0 Å². The molecule has 0 aromatic rings. The first-order valence-corrected chi connectivity index (χ1v) is 6.47. The normalized spacial score (nSPS) is 17.9. The summed E-state index contributed by atoms with van der Waals surface area (Å²) >= 11 is 0. The number of hydrogen-bond donors (Lipinski definition) is 0. The summed E-state index contributed by atoms with van der Waals surface area (Å²) in [5.41, 5.74) is 0.357. The molecule has 1 aliphatic rings. The van der Waals surface area contributed by atoms with Crippen LogP contribution < -0.4 is 0 Å². The van der Waals surface area contributed by atoms with E-state index in [1.165, 1.54) is 38.6 Å². The predicted molar refractivity (Wildman–Crippen MR) is 68.1 cm³/mol. The van der Waals surface area contributed by atoms with E-state index in [1.807, 2.05) is 0 Å². The van der Waals surface area contributed by atoms with Gasteiger partial charge in [-0.05, 0) is 59.4 Å². The molecular weight excluding hydrogens is 182 g/mol. The van der Waals surface area contributed by atoms with E-state index in [0.29, 0.717) is 5.54 Å². The van der Waals surface area contributed by atoms with Gasteiger partial charge in [0.25, 0.3) is 0 Å². The second-order valence-electron chi connectivity index (χ2n) is 5.62. The monoisotopic (exact) mass is 209 g/mol. The van der Waals surface area contributed by atoms with Crippen LogP contribution in [0.2, 0.25) is 0 Å². The van der Waals surface area contributed by atoms with E-state index in [1.54, 1.807) is 0 Å². The largest absolute Gasteiger partial charge is 0.296 e. The summed E-state index contributed by atoms with van der Waals surface area (Å²) in [6.45, 7) is 10.5. The van der Waals surface area contributed by atoms with Crippen molar-refractivity contribution < 1.29 is 0 Å². The van der Waals surface area contributed by atoms with Gasteiger partial charge in [-0.2, -0.15) is 0 Å². The Morgan fingerprint density at radius 2 is 1.87 bits per heavy atom. The van der Waals surface area contributed by atoms with Gasteiger partial charge in [-0.15, -0.1) is 0 Å². The quantitative estimate of drug-likeness (QED) is 0.472. The maximum Gasteiger partial charge on any atom is 0.0127 e. The topological polar surface area (TPSA) is 3.24 Å². The van der Waals surface area contributed by atoms with E-state index >= 15 is 0 Å². The van der Waals surface area contributed by atoms with Crippen LogP contribution in [0.25, 0.3) is 0 Å². The van der Waals surface area contributed by atoms with Crippen molar-refractivity contribution in [2.45, 2.75) is 71.4 Å². The molecule has 1 rings (SSSR count). The summed E-state index contributed by atoms with van der Waals surface area (Å²) in [6.07, 6.45) is 11.2. The molecule has 0 atom stereocenters. The molecule has 0 spiro atoms. The van der Waals surface area contributed by atoms with Crippen LogP contribution >= 0.6 is 0 Å². The van der Waals surface area contributed by atoms with Crippen LogP contribution in [0.15, 0.2) is 12.2 Å². The minimum absolute atomic E-state index is 0.357. The van der Waals surface area contributed by atoms with Gasteiger partial charge in [-0.3, -0.25) is 4.90 Å². The Bertz CT molecular complexity index is 196. The van der Waals surface area contributed by atoms with E-state index in [0.717, 1.165) is 6.04 Å². The Kier molecular flexibility index (Phi) is 4.85. The van der Waals surface area contributed by atoms with Gasteiger partial charge in [0.15, 0.2) is 0 Å². The van der Waals surface area contributed by atoms with Crippen molar-refractivity contribution >= 4 is 0 Å². The van der Waals surface area contributed by atoms with E-state index in [-0.39, 0.29) is 0 Å². The fourth-order valence-corrected chi connectivity index (χ4v) is 2.12. The summed E-state index contributed by atoms with van der Waals surface area (Å²) in [5, 5.41) is 0.